The highest BCUT2D eigenvalue weighted by molar-refractivity contribution is 8.13. The summed E-state index contributed by atoms with van der Waals surface area (Å²) in [6.45, 7) is 14.9. The molecular formula is C47H60Cl2N4O11S3. The van der Waals surface area contributed by atoms with E-state index in [9.17, 15) is 21.6 Å². The maximum absolute atomic E-state index is 13.2. The van der Waals surface area contributed by atoms with Gasteiger partial charge in [-0.3, -0.25) is 14.3 Å². The molecule has 15 nitrogen and oxygen atoms in total. The molecule has 5 aromatic rings. The Kier molecular flexibility index (Phi) is 21.4. The van der Waals surface area contributed by atoms with E-state index in [4.69, 9.17) is 37.9 Å². The summed E-state index contributed by atoms with van der Waals surface area (Å²) >= 11 is 0. The summed E-state index contributed by atoms with van der Waals surface area (Å²) in [7, 11) is 4.06. The lowest BCUT2D eigenvalue weighted by atomic mass is 10.1. The molecule has 2 heterocycles. The number of nitrogens with zero attached hydrogens (tertiary/aromatic N) is 4. The first-order valence-corrected chi connectivity index (χ1v) is 26.8. The summed E-state index contributed by atoms with van der Waals surface area (Å²) in [6.07, 6.45) is 4.08. The maximum Gasteiger partial charge on any atom is 0.353 e. The van der Waals surface area contributed by atoms with Crippen molar-refractivity contribution in [2.75, 3.05) is 70.9 Å². The van der Waals surface area contributed by atoms with Crippen molar-refractivity contribution in [1.29, 1.82) is 0 Å². The van der Waals surface area contributed by atoms with Crippen molar-refractivity contribution in [3.05, 3.63) is 130 Å². The average Bonchev–Trinajstić information content (AvgIpc) is 3.24. The Bertz CT molecular complexity index is 2700. The number of carbonyl (C=O) groups excluding carboxylic acids is 1. The van der Waals surface area contributed by atoms with E-state index in [0.717, 1.165) is 43.2 Å². The minimum absolute atomic E-state index is 0.00828. The number of rotatable bonds is 13. The summed E-state index contributed by atoms with van der Waals surface area (Å²) in [5, 5.41) is 0. The quantitative estimate of drug-likeness (QED) is 0.0873. The zero-order chi connectivity index (χ0) is 50.3. The highest BCUT2D eigenvalue weighted by Crippen LogP contribution is 2.29. The predicted molar refractivity (Wildman–Crippen MR) is 266 cm³/mol. The van der Waals surface area contributed by atoms with Crippen LogP contribution in [0.15, 0.2) is 101 Å². The van der Waals surface area contributed by atoms with E-state index >= 15 is 0 Å². The largest absolute Gasteiger partial charge is 0.497 e. The van der Waals surface area contributed by atoms with Gasteiger partial charge in [0.25, 0.3) is 9.05 Å². The van der Waals surface area contributed by atoms with Crippen molar-refractivity contribution in [1.82, 2.24) is 9.29 Å². The van der Waals surface area contributed by atoms with Crippen LogP contribution in [0, 0.1) is 41.5 Å². The SMILES string of the molecule is COc1cc(C)c(S(=O)(=O)Cl)c(C)c1.COc1cc(C)c(S(=O)(=O)N(C)CCC(=O)Cc2ccc(N3CCN(c4ccncc4)CC3)cc2)c(C)c1.COc1cc(C)cc(C)c1.O=S(=O)(O)Cl. The van der Waals surface area contributed by atoms with Crippen molar-refractivity contribution >= 4 is 66.9 Å². The van der Waals surface area contributed by atoms with Gasteiger partial charge in [-0.15, -0.1) is 0 Å². The normalized spacial score (nSPS) is 12.7. The number of aromatic nitrogens is 1. The summed E-state index contributed by atoms with van der Waals surface area (Å²) in [4.78, 5) is 21.9. The lowest BCUT2D eigenvalue weighted by Crippen LogP contribution is -2.46. The number of ether oxygens (including phenoxy) is 3. The fourth-order valence-electron chi connectivity index (χ4n) is 7.38. The van der Waals surface area contributed by atoms with Crippen molar-refractivity contribution in [2.24, 2.45) is 0 Å². The first-order chi connectivity index (χ1) is 31.3. The van der Waals surface area contributed by atoms with E-state index in [2.05, 4.69) is 57.5 Å². The number of halogens is 2. The summed E-state index contributed by atoms with van der Waals surface area (Å²) < 4.78 is 90.5. The lowest BCUT2D eigenvalue weighted by molar-refractivity contribution is -0.118. The van der Waals surface area contributed by atoms with Crippen molar-refractivity contribution in [3.63, 3.8) is 0 Å². The molecule has 1 N–H and O–H groups in total. The van der Waals surface area contributed by atoms with Crippen molar-refractivity contribution < 1.29 is 48.8 Å². The van der Waals surface area contributed by atoms with Crippen LogP contribution in [0.2, 0.25) is 0 Å². The van der Waals surface area contributed by atoms with E-state index in [-0.39, 0.29) is 35.0 Å². The number of sulfonamides is 1. The highest BCUT2D eigenvalue weighted by atomic mass is 35.7. The number of hydrogen-bond donors (Lipinski definition) is 1. The van der Waals surface area contributed by atoms with E-state index in [1.54, 1.807) is 66.2 Å². The van der Waals surface area contributed by atoms with E-state index in [1.165, 1.54) is 35.3 Å². The molecule has 1 aliphatic heterocycles. The third-order valence-electron chi connectivity index (χ3n) is 10.4. The summed E-state index contributed by atoms with van der Waals surface area (Å²) in [6, 6.07) is 25.1. The molecule has 366 valence electrons. The van der Waals surface area contributed by atoms with Crippen molar-refractivity contribution in [2.45, 2.75) is 64.2 Å². The Morgan fingerprint density at radius 1 is 0.627 bits per heavy atom. The van der Waals surface area contributed by atoms with Crippen LogP contribution in [-0.2, 0) is 39.6 Å². The number of aryl methyl sites for hydroxylation is 6. The van der Waals surface area contributed by atoms with Gasteiger partial charge in [0.1, 0.15) is 23.0 Å². The molecule has 0 amide bonds. The number of Topliss-reactive ketones (excluding diaryl/α,β-unsaturated/α-hetero) is 1. The highest BCUT2D eigenvalue weighted by Gasteiger charge is 2.26. The van der Waals surface area contributed by atoms with E-state index in [1.807, 2.05) is 48.8 Å². The zero-order valence-electron chi connectivity index (χ0n) is 39.4. The number of benzene rings is 4. The topological polar surface area (TPSA) is 190 Å². The number of anilines is 2. The van der Waals surface area contributed by atoms with Gasteiger partial charge < -0.3 is 24.0 Å². The van der Waals surface area contributed by atoms with Gasteiger partial charge in [-0.1, -0.05) is 18.2 Å². The lowest BCUT2D eigenvalue weighted by Gasteiger charge is -2.37. The van der Waals surface area contributed by atoms with Gasteiger partial charge in [-0.05, 0) is 141 Å². The second kappa shape index (κ2) is 25.4. The van der Waals surface area contributed by atoms with Gasteiger partial charge in [0.05, 0.1) is 31.1 Å². The number of pyridine rings is 1. The van der Waals surface area contributed by atoms with Crippen LogP contribution in [0.25, 0.3) is 0 Å². The molecule has 1 aromatic heterocycles. The van der Waals surface area contributed by atoms with Crippen LogP contribution in [-0.4, -0.2) is 106 Å². The van der Waals surface area contributed by atoms with Gasteiger partial charge in [-0.25, -0.2) is 21.1 Å². The molecule has 1 aliphatic rings. The minimum atomic E-state index is -4.19. The maximum atomic E-state index is 13.2. The molecule has 0 unspecified atom stereocenters. The molecular weight excluding hydrogens is 964 g/mol. The first-order valence-electron chi connectivity index (χ1n) is 20.8. The number of ketones is 1. The molecule has 0 bridgehead atoms. The number of hydrogen-bond acceptors (Lipinski definition) is 13. The molecule has 4 aromatic carbocycles. The summed E-state index contributed by atoms with van der Waals surface area (Å²) in [5.74, 6) is 2.20. The molecule has 1 fully saturated rings. The molecule has 0 atom stereocenters. The zero-order valence-corrected chi connectivity index (χ0v) is 43.4. The molecule has 0 saturated carbocycles. The molecule has 0 radical (unpaired) electrons. The van der Waals surface area contributed by atoms with E-state index in [0.29, 0.717) is 33.8 Å². The number of piperazine rings is 1. The Hall–Kier alpha value is -4.95. The van der Waals surface area contributed by atoms with Gasteiger partial charge in [0, 0.05) is 97.7 Å². The second-order valence-corrected chi connectivity index (χ2v) is 22.2. The van der Waals surface area contributed by atoms with Gasteiger partial charge >= 0.3 is 9.33 Å². The summed E-state index contributed by atoms with van der Waals surface area (Å²) in [5.41, 5.74) is 8.20. The fraction of sp³-hybridized carbons (Fsp3) is 0.362. The van der Waals surface area contributed by atoms with Crippen LogP contribution >= 0.6 is 21.4 Å². The van der Waals surface area contributed by atoms with Gasteiger partial charge in [0.15, 0.2) is 0 Å². The number of carbonyl (C=O) groups is 1. The van der Waals surface area contributed by atoms with Gasteiger partial charge in [0.2, 0.25) is 10.0 Å². The average molecular weight is 1020 g/mol. The molecule has 0 aliphatic carbocycles. The predicted octanol–water partition coefficient (Wildman–Crippen LogP) is 8.44. The van der Waals surface area contributed by atoms with Gasteiger partial charge in [-0.2, -0.15) is 8.42 Å². The third kappa shape index (κ3) is 18.2. The Balaban J connectivity index is 0.000000331. The fourth-order valence-corrected chi connectivity index (χ4v) is 10.6. The third-order valence-corrected chi connectivity index (χ3v) is 14.2. The Morgan fingerprint density at radius 3 is 1.39 bits per heavy atom. The van der Waals surface area contributed by atoms with Crippen LogP contribution in [0.1, 0.15) is 45.4 Å². The van der Waals surface area contributed by atoms with Crippen LogP contribution in [0.5, 0.6) is 17.2 Å². The minimum Gasteiger partial charge on any atom is -0.497 e. The second-order valence-electron chi connectivity index (χ2n) is 15.7. The van der Waals surface area contributed by atoms with Crippen LogP contribution in [0.4, 0.5) is 11.4 Å². The molecule has 67 heavy (non-hydrogen) atoms. The molecule has 6 rings (SSSR count). The van der Waals surface area contributed by atoms with Crippen molar-refractivity contribution in [3.8, 4) is 17.2 Å². The Labute approximate surface area is 405 Å². The standard InChI is InChI=1S/C29H36N4O4S.C9H11ClO3S.C9H12O.ClHO3S/c1-22-19-28(37-4)20-23(2)29(22)38(35,36)31(3)14-11-27(34)21-24-5-7-25(8-6-24)32-15-17-33(18-16-32)26-9-12-30-13-10-26;1-6-4-8(13-3)5-7(2)9(6)14(10,11)12;1-7-4-8(2)6-9(5-7)10-3;1-5(2,3)4/h5-10,12-13,19-20H,11,14-18,21H2,1-4H3;4-5H,1-3H3;4-6H,1-3H3;(H,2,3,4). The molecule has 0 spiro atoms. The van der Waals surface area contributed by atoms with Crippen LogP contribution in [0.3, 0.4) is 0 Å². The monoisotopic (exact) mass is 1020 g/mol. The Morgan fingerprint density at radius 2 is 1.00 bits per heavy atom. The van der Waals surface area contributed by atoms with Crippen LogP contribution < -0.4 is 24.0 Å². The number of methoxy groups -OCH3 is 3. The smallest absolute Gasteiger partial charge is 0.353 e. The van der Waals surface area contributed by atoms with E-state index < -0.39 is 28.4 Å². The first kappa shape index (κ1) is 56.4. The molecule has 1 saturated heterocycles. The molecule has 20 heteroatoms.